The van der Waals surface area contributed by atoms with E-state index in [9.17, 15) is 9.59 Å². The lowest BCUT2D eigenvalue weighted by Crippen LogP contribution is -2.25. The summed E-state index contributed by atoms with van der Waals surface area (Å²) in [6.07, 6.45) is 0. The first kappa shape index (κ1) is 15.6. The average Bonchev–Trinajstić information content (AvgIpc) is 2.83. The zero-order chi connectivity index (χ0) is 16.1. The first-order valence-electron chi connectivity index (χ1n) is 6.81. The molecule has 2 aromatic rings. The molecule has 0 aliphatic carbocycles. The lowest BCUT2D eigenvalue weighted by atomic mass is 10.2. The van der Waals surface area contributed by atoms with Crippen molar-refractivity contribution in [3.63, 3.8) is 0 Å². The van der Waals surface area contributed by atoms with E-state index in [1.807, 2.05) is 30.7 Å². The summed E-state index contributed by atoms with van der Waals surface area (Å²) in [7, 11) is 1.84. The summed E-state index contributed by atoms with van der Waals surface area (Å²) >= 11 is 0. The molecule has 1 heterocycles. The summed E-state index contributed by atoms with van der Waals surface area (Å²) in [5, 5.41) is 11.4. The molecule has 1 amide bonds. The minimum Gasteiger partial charge on any atom is -0.482 e. The van der Waals surface area contributed by atoms with Gasteiger partial charge in [-0.25, -0.2) is 4.79 Å². The van der Waals surface area contributed by atoms with Crippen molar-refractivity contribution in [1.29, 1.82) is 0 Å². The minimum atomic E-state index is -1.03. The maximum Gasteiger partial charge on any atom is 0.341 e. The Balaban J connectivity index is 1.96. The quantitative estimate of drug-likeness (QED) is 0.851. The van der Waals surface area contributed by atoms with Crippen molar-refractivity contribution in [2.45, 2.75) is 13.5 Å². The van der Waals surface area contributed by atoms with Crippen molar-refractivity contribution in [3.8, 4) is 5.75 Å². The number of hydrogen-bond donors (Lipinski definition) is 2. The Morgan fingerprint density at radius 2 is 2.05 bits per heavy atom. The standard InChI is InChI=1S/C16H18N2O4/c1-11-6-7-14(18(11)2)16(21)17-9-12-4-3-5-13(8-12)22-10-15(19)20/h3-8H,9-10H2,1-2H3,(H,17,21)(H,19,20). The second-order valence-corrected chi connectivity index (χ2v) is 4.93. The van der Waals surface area contributed by atoms with Gasteiger partial charge in [0.25, 0.3) is 5.91 Å². The van der Waals surface area contributed by atoms with Crippen molar-refractivity contribution in [3.05, 3.63) is 53.3 Å². The molecule has 0 saturated carbocycles. The van der Waals surface area contributed by atoms with Crippen LogP contribution in [0, 0.1) is 6.92 Å². The molecular weight excluding hydrogens is 284 g/mol. The molecule has 1 aromatic carbocycles. The molecule has 6 heteroatoms. The number of nitrogens with one attached hydrogen (secondary N) is 1. The summed E-state index contributed by atoms with van der Waals surface area (Å²) in [5.74, 6) is -0.728. The van der Waals surface area contributed by atoms with Crippen molar-refractivity contribution in [2.75, 3.05) is 6.61 Å². The number of ether oxygens (including phenoxy) is 1. The summed E-state index contributed by atoms with van der Waals surface area (Å²) in [4.78, 5) is 22.6. The molecule has 2 rings (SSSR count). The lowest BCUT2D eigenvalue weighted by molar-refractivity contribution is -0.139. The van der Waals surface area contributed by atoms with Gasteiger partial charge >= 0.3 is 5.97 Å². The van der Waals surface area contributed by atoms with Crippen LogP contribution in [0.15, 0.2) is 36.4 Å². The van der Waals surface area contributed by atoms with Crippen LogP contribution in [0.25, 0.3) is 0 Å². The van der Waals surface area contributed by atoms with Gasteiger partial charge in [0.15, 0.2) is 6.61 Å². The van der Waals surface area contributed by atoms with E-state index >= 15 is 0 Å². The van der Waals surface area contributed by atoms with E-state index in [0.717, 1.165) is 11.3 Å². The van der Waals surface area contributed by atoms with E-state index < -0.39 is 12.6 Å². The van der Waals surface area contributed by atoms with Crippen LogP contribution in [0.4, 0.5) is 0 Å². The van der Waals surface area contributed by atoms with Crippen molar-refractivity contribution < 1.29 is 19.4 Å². The molecule has 0 atom stereocenters. The largest absolute Gasteiger partial charge is 0.482 e. The van der Waals surface area contributed by atoms with Crippen LogP contribution < -0.4 is 10.1 Å². The summed E-state index contributed by atoms with van der Waals surface area (Å²) in [6, 6.07) is 10.6. The number of aryl methyl sites for hydroxylation is 1. The number of carboxylic acids is 1. The number of nitrogens with zero attached hydrogens (tertiary/aromatic N) is 1. The zero-order valence-corrected chi connectivity index (χ0v) is 12.5. The molecule has 0 bridgehead atoms. The van der Waals surface area contributed by atoms with E-state index in [0.29, 0.717) is 18.0 Å². The van der Waals surface area contributed by atoms with Crippen LogP contribution in [0.2, 0.25) is 0 Å². The third kappa shape index (κ3) is 3.88. The molecule has 0 fully saturated rings. The van der Waals surface area contributed by atoms with Crippen LogP contribution in [0.3, 0.4) is 0 Å². The SMILES string of the molecule is Cc1ccc(C(=O)NCc2cccc(OCC(=O)O)c2)n1C. The van der Waals surface area contributed by atoms with Gasteiger partial charge in [-0.2, -0.15) is 0 Å². The summed E-state index contributed by atoms with van der Waals surface area (Å²) < 4.78 is 6.93. The van der Waals surface area contributed by atoms with Crippen LogP contribution in [-0.2, 0) is 18.4 Å². The fourth-order valence-electron chi connectivity index (χ4n) is 2.00. The van der Waals surface area contributed by atoms with E-state index in [1.54, 1.807) is 24.3 Å². The molecule has 0 saturated heterocycles. The second-order valence-electron chi connectivity index (χ2n) is 4.93. The first-order chi connectivity index (χ1) is 10.5. The Bertz CT molecular complexity index is 691. The van der Waals surface area contributed by atoms with Gasteiger partial charge < -0.3 is 19.7 Å². The number of amides is 1. The van der Waals surface area contributed by atoms with Gasteiger partial charge in [-0.05, 0) is 36.8 Å². The maximum atomic E-state index is 12.1. The van der Waals surface area contributed by atoms with E-state index in [4.69, 9.17) is 9.84 Å². The lowest BCUT2D eigenvalue weighted by Gasteiger charge is -2.09. The molecular formula is C16H18N2O4. The van der Waals surface area contributed by atoms with E-state index in [1.165, 1.54) is 0 Å². The summed E-state index contributed by atoms with van der Waals surface area (Å²) in [5.41, 5.74) is 2.44. The minimum absolute atomic E-state index is 0.160. The molecule has 0 aliphatic rings. The highest BCUT2D eigenvalue weighted by Gasteiger charge is 2.10. The highest BCUT2D eigenvalue weighted by molar-refractivity contribution is 5.92. The molecule has 0 radical (unpaired) electrons. The Hall–Kier alpha value is -2.76. The van der Waals surface area contributed by atoms with Gasteiger partial charge in [-0.15, -0.1) is 0 Å². The highest BCUT2D eigenvalue weighted by atomic mass is 16.5. The number of carbonyl (C=O) groups is 2. The molecule has 0 spiro atoms. The Kier molecular flexibility index (Phi) is 4.83. The van der Waals surface area contributed by atoms with Crippen molar-refractivity contribution in [1.82, 2.24) is 9.88 Å². The number of hydrogen-bond acceptors (Lipinski definition) is 3. The van der Waals surface area contributed by atoms with Gasteiger partial charge in [0.1, 0.15) is 11.4 Å². The Morgan fingerprint density at radius 3 is 2.68 bits per heavy atom. The molecule has 0 unspecified atom stereocenters. The van der Waals surface area contributed by atoms with E-state index in [-0.39, 0.29) is 5.91 Å². The van der Waals surface area contributed by atoms with Crippen LogP contribution in [0.5, 0.6) is 5.75 Å². The van der Waals surface area contributed by atoms with Crippen LogP contribution in [-0.4, -0.2) is 28.2 Å². The molecule has 116 valence electrons. The molecule has 2 N–H and O–H groups in total. The fraction of sp³-hybridized carbons (Fsp3) is 0.250. The number of carboxylic acid groups (broad SMARTS) is 1. The number of aliphatic carboxylic acids is 1. The fourth-order valence-corrected chi connectivity index (χ4v) is 2.00. The van der Waals surface area contributed by atoms with Crippen LogP contribution >= 0.6 is 0 Å². The second kappa shape index (κ2) is 6.80. The smallest absolute Gasteiger partial charge is 0.341 e. The third-order valence-electron chi connectivity index (χ3n) is 3.32. The molecule has 6 nitrogen and oxygen atoms in total. The zero-order valence-electron chi connectivity index (χ0n) is 12.5. The van der Waals surface area contributed by atoms with Gasteiger partial charge in [0.05, 0.1) is 0 Å². The Morgan fingerprint density at radius 1 is 1.27 bits per heavy atom. The van der Waals surface area contributed by atoms with Crippen LogP contribution in [0.1, 0.15) is 21.7 Å². The number of carbonyl (C=O) groups excluding carboxylic acids is 1. The summed E-state index contributed by atoms with van der Waals surface area (Å²) in [6.45, 7) is 1.88. The predicted octanol–water partition coefficient (Wildman–Crippen LogP) is 1.73. The van der Waals surface area contributed by atoms with Crippen molar-refractivity contribution in [2.24, 2.45) is 7.05 Å². The average molecular weight is 302 g/mol. The van der Waals surface area contributed by atoms with Gasteiger partial charge in [0.2, 0.25) is 0 Å². The van der Waals surface area contributed by atoms with E-state index in [2.05, 4.69) is 5.32 Å². The molecule has 1 aromatic heterocycles. The Labute approximate surface area is 128 Å². The predicted molar refractivity (Wildman–Crippen MR) is 80.9 cm³/mol. The molecule has 22 heavy (non-hydrogen) atoms. The molecule has 0 aliphatic heterocycles. The van der Waals surface area contributed by atoms with Gasteiger partial charge in [-0.1, -0.05) is 12.1 Å². The number of benzene rings is 1. The topological polar surface area (TPSA) is 80.6 Å². The monoisotopic (exact) mass is 302 g/mol. The highest BCUT2D eigenvalue weighted by Crippen LogP contribution is 2.13. The number of rotatable bonds is 6. The normalized spacial score (nSPS) is 10.3. The number of aromatic nitrogens is 1. The first-order valence-corrected chi connectivity index (χ1v) is 6.81. The maximum absolute atomic E-state index is 12.1. The third-order valence-corrected chi connectivity index (χ3v) is 3.32. The van der Waals surface area contributed by atoms with Gasteiger partial charge in [-0.3, -0.25) is 4.79 Å². The van der Waals surface area contributed by atoms with Gasteiger partial charge in [0, 0.05) is 19.3 Å². The van der Waals surface area contributed by atoms with Crippen molar-refractivity contribution >= 4 is 11.9 Å².